The van der Waals surface area contributed by atoms with Crippen LogP contribution in [0.2, 0.25) is 0 Å². The number of rotatable bonds is 3. The van der Waals surface area contributed by atoms with Crippen LogP contribution in [0.1, 0.15) is 52.9 Å². The monoisotopic (exact) mass is 266 g/mol. The number of aliphatic hydroxyl groups excluding tert-OH is 1. The third-order valence-electron chi connectivity index (χ3n) is 6.07. The molecule has 0 aromatic heterocycles. The third kappa shape index (κ3) is 2.22. The fraction of sp³-hybridized carbons (Fsp3) is 0.812. The molecule has 0 bridgehead atoms. The van der Waals surface area contributed by atoms with Crippen LogP contribution in [-0.2, 0) is 4.79 Å². The molecule has 0 saturated heterocycles. The Morgan fingerprint density at radius 3 is 2.68 bits per heavy atom. The number of aliphatic carboxylic acids is 1. The van der Waals surface area contributed by atoms with Gasteiger partial charge in [-0.15, -0.1) is 0 Å². The van der Waals surface area contributed by atoms with Crippen LogP contribution in [0.3, 0.4) is 0 Å². The van der Waals surface area contributed by atoms with Crippen molar-refractivity contribution in [2.45, 2.75) is 52.9 Å². The predicted octanol–water partition coefficient (Wildman–Crippen LogP) is 3.23. The second kappa shape index (κ2) is 4.93. The van der Waals surface area contributed by atoms with E-state index in [1.807, 2.05) is 0 Å². The quantitative estimate of drug-likeness (QED) is 0.771. The molecule has 2 N–H and O–H groups in total. The van der Waals surface area contributed by atoms with E-state index in [1.54, 1.807) is 0 Å². The van der Waals surface area contributed by atoms with Crippen molar-refractivity contribution >= 4 is 5.97 Å². The Hall–Kier alpha value is -0.830. The molecular weight excluding hydrogens is 240 g/mol. The van der Waals surface area contributed by atoms with Gasteiger partial charge in [0.1, 0.15) is 0 Å². The summed E-state index contributed by atoms with van der Waals surface area (Å²) < 4.78 is 0. The highest BCUT2D eigenvalue weighted by Crippen LogP contribution is 2.61. The molecule has 3 nitrogen and oxygen atoms in total. The molecule has 0 amide bonds. The molecule has 4 unspecified atom stereocenters. The summed E-state index contributed by atoms with van der Waals surface area (Å²) in [7, 11) is 0. The van der Waals surface area contributed by atoms with Crippen molar-refractivity contribution in [3.63, 3.8) is 0 Å². The fourth-order valence-corrected chi connectivity index (χ4v) is 4.65. The molecule has 1 saturated carbocycles. The molecule has 3 heteroatoms. The number of carboxylic acids is 1. The van der Waals surface area contributed by atoms with E-state index in [4.69, 9.17) is 0 Å². The first-order valence-corrected chi connectivity index (χ1v) is 7.36. The molecule has 2 aliphatic carbocycles. The summed E-state index contributed by atoms with van der Waals surface area (Å²) in [6.07, 6.45) is 6.56. The van der Waals surface area contributed by atoms with Crippen LogP contribution in [0.5, 0.6) is 0 Å². The Kier molecular flexibility index (Phi) is 3.78. The molecule has 0 aromatic rings. The number of carboxylic acid groups (broad SMARTS) is 1. The number of hydrogen-bond donors (Lipinski definition) is 2. The van der Waals surface area contributed by atoms with E-state index >= 15 is 0 Å². The van der Waals surface area contributed by atoms with Crippen LogP contribution >= 0.6 is 0 Å². The van der Waals surface area contributed by atoms with Crippen molar-refractivity contribution in [2.24, 2.45) is 22.7 Å². The minimum atomic E-state index is -0.696. The van der Waals surface area contributed by atoms with Gasteiger partial charge >= 0.3 is 5.97 Å². The maximum Gasteiger partial charge on any atom is 0.303 e. The van der Waals surface area contributed by atoms with Crippen LogP contribution in [0.4, 0.5) is 0 Å². The van der Waals surface area contributed by atoms with Gasteiger partial charge in [0.2, 0.25) is 0 Å². The highest BCUT2D eigenvalue weighted by molar-refractivity contribution is 5.68. The van der Waals surface area contributed by atoms with Gasteiger partial charge in [0.25, 0.3) is 0 Å². The average molecular weight is 266 g/mol. The lowest BCUT2D eigenvalue weighted by atomic mass is 9.47. The van der Waals surface area contributed by atoms with E-state index in [1.165, 1.54) is 0 Å². The largest absolute Gasteiger partial charge is 0.481 e. The second-order valence-corrected chi connectivity index (χ2v) is 6.95. The molecular formula is C16H26O3. The van der Waals surface area contributed by atoms with Crippen molar-refractivity contribution in [1.82, 2.24) is 0 Å². The van der Waals surface area contributed by atoms with Gasteiger partial charge in [0.15, 0.2) is 0 Å². The summed E-state index contributed by atoms with van der Waals surface area (Å²) in [5.41, 5.74) is 0.962. The molecule has 2 rings (SSSR count). The van der Waals surface area contributed by atoms with Crippen molar-refractivity contribution in [1.29, 1.82) is 0 Å². The Bertz CT molecular complexity index is 401. The lowest BCUT2D eigenvalue weighted by Gasteiger charge is -2.57. The van der Waals surface area contributed by atoms with E-state index in [0.717, 1.165) is 31.3 Å². The minimum absolute atomic E-state index is 0.0102. The summed E-state index contributed by atoms with van der Waals surface area (Å²) in [4.78, 5) is 11.3. The van der Waals surface area contributed by atoms with Crippen LogP contribution in [0.15, 0.2) is 11.6 Å². The zero-order valence-corrected chi connectivity index (χ0v) is 12.3. The molecule has 4 atom stereocenters. The van der Waals surface area contributed by atoms with Gasteiger partial charge in [-0.3, -0.25) is 4.79 Å². The molecule has 1 fully saturated rings. The zero-order chi connectivity index (χ0) is 14.3. The maximum absolute atomic E-state index is 11.3. The van der Waals surface area contributed by atoms with Crippen LogP contribution in [0, 0.1) is 22.7 Å². The Morgan fingerprint density at radius 1 is 1.42 bits per heavy atom. The molecule has 0 aromatic carbocycles. The van der Waals surface area contributed by atoms with Gasteiger partial charge in [-0.25, -0.2) is 0 Å². The Morgan fingerprint density at radius 2 is 2.11 bits per heavy atom. The number of carbonyl (C=O) groups is 1. The standard InChI is InChI=1S/C16H26O3/c1-11-7-8-15(2)12(10-17)5-4-6-13(15)16(11,3)9-14(18)19/h5,11,13,17H,4,6-10H2,1-3H3,(H,18,19). The van der Waals surface area contributed by atoms with E-state index in [0.29, 0.717) is 11.8 Å². The first kappa shape index (κ1) is 14.6. The van der Waals surface area contributed by atoms with Crippen molar-refractivity contribution in [3.8, 4) is 0 Å². The number of fused-ring (bicyclic) bond motifs is 1. The van der Waals surface area contributed by atoms with Crippen LogP contribution in [0.25, 0.3) is 0 Å². The first-order chi connectivity index (χ1) is 8.84. The number of allylic oxidation sites excluding steroid dienone is 1. The SMILES string of the molecule is CC1CCC2(C)C(CO)=CCCC2C1(C)CC(=O)O. The molecule has 0 heterocycles. The molecule has 2 aliphatic rings. The van der Waals surface area contributed by atoms with Crippen LogP contribution in [-0.4, -0.2) is 22.8 Å². The van der Waals surface area contributed by atoms with Gasteiger partial charge in [-0.2, -0.15) is 0 Å². The smallest absolute Gasteiger partial charge is 0.303 e. The van der Waals surface area contributed by atoms with E-state index in [9.17, 15) is 15.0 Å². The Labute approximate surface area is 115 Å². The molecule has 108 valence electrons. The molecule has 0 radical (unpaired) electrons. The predicted molar refractivity (Wildman–Crippen MR) is 74.8 cm³/mol. The normalized spacial score (nSPS) is 42.4. The number of hydrogen-bond acceptors (Lipinski definition) is 2. The molecule has 0 spiro atoms. The fourth-order valence-electron chi connectivity index (χ4n) is 4.65. The average Bonchev–Trinajstić information content (AvgIpc) is 2.33. The van der Waals surface area contributed by atoms with Gasteiger partial charge in [0.05, 0.1) is 13.0 Å². The second-order valence-electron chi connectivity index (χ2n) is 6.95. The van der Waals surface area contributed by atoms with Crippen LogP contribution < -0.4 is 0 Å². The summed E-state index contributed by atoms with van der Waals surface area (Å²) in [5.74, 6) is 0.102. The highest BCUT2D eigenvalue weighted by Gasteiger charge is 2.54. The summed E-state index contributed by atoms with van der Waals surface area (Å²) in [5, 5.41) is 18.9. The maximum atomic E-state index is 11.3. The summed E-state index contributed by atoms with van der Waals surface area (Å²) in [6.45, 7) is 6.68. The van der Waals surface area contributed by atoms with Crippen molar-refractivity contribution in [2.75, 3.05) is 6.61 Å². The van der Waals surface area contributed by atoms with E-state index in [2.05, 4.69) is 26.8 Å². The zero-order valence-electron chi connectivity index (χ0n) is 12.3. The molecule has 19 heavy (non-hydrogen) atoms. The van der Waals surface area contributed by atoms with E-state index in [-0.39, 0.29) is 23.9 Å². The summed E-state index contributed by atoms with van der Waals surface area (Å²) >= 11 is 0. The summed E-state index contributed by atoms with van der Waals surface area (Å²) in [6, 6.07) is 0. The third-order valence-corrected chi connectivity index (χ3v) is 6.07. The van der Waals surface area contributed by atoms with Gasteiger partial charge in [0, 0.05) is 0 Å². The van der Waals surface area contributed by atoms with Gasteiger partial charge in [-0.1, -0.05) is 26.8 Å². The first-order valence-electron chi connectivity index (χ1n) is 7.36. The van der Waals surface area contributed by atoms with E-state index < -0.39 is 5.97 Å². The number of aliphatic hydroxyl groups is 1. The van der Waals surface area contributed by atoms with Crippen molar-refractivity contribution < 1.29 is 15.0 Å². The van der Waals surface area contributed by atoms with Gasteiger partial charge < -0.3 is 10.2 Å². The lowest BCUT2D eigenvalue weighted by Crippen LogP contribution is -2.51. The van der Waals surface area contributed by atoms with Gasteiger partial charge in [-0.05, 0) is 53.9 Å². The lowest BCUT2D eigenvalue weighted by molar-refractivity contribution is -0.145. The molecule has 0 aliphatic heterocycles. The Balaban J connectivity index is 2.40. The topological polar surface area (TPSA) is 57.5 Å². The highest BCUT2D eigenvalue weighted by atomic mass is 16.4. The minimum Gasteiger partial charge on any atom is -0.481 e. The van der Waals surface area contributed by atoms with Crippen molar-refractivity contribution in [3.05, 3.63) is 11.6 Å².